The molecule has 0 atom stereocenters. The Morgan fingerprint density at radius 2 is 1.71 bits per heavy atom. The van der Waals surface area contributed by atoms with Gasteiger partial charge in [-0.15, -0.1) is 0 Å². The van der Waals surface area contributed by atoms with Crippen LogP contribution in [0.15, 0.2) is 48.5 Å². The van der Waals surface area contributed by atoms with Crippen molar-refractivity contribution in [3.05, 3.63) is 65.2 Å². The minimum Gasteiger partial charge on any atom is -0.369 e. The molecule has 8 heteroatoms. The van der Waals surface area contributed by atoms with E-state index >= 15 is 0 Å². The van der Waals surface area contributed by atoms with Gasteiger partial charge in [0.1, 0.15) is 0 Å². The zero-order valence-electron chi connectivity index (χ0n) is 17.1. The molecule has 166 valence electrons. The molecular formula is C23H26F3N3O2. The molecule has 1 aliphatic rings. The van der Waals surface area contributed by atoms with Crippen LogP contribution in [0.5, 0.6) is 0 Å². The van der Waals surface area contributed by atoms with E-state index in [0.717, 1.165) is 56.6 Å². The SMILES string of the molecule is NC(=O)C1CCN(CCc2ccc(NC(=O)Cc3cccc(C(F)(F)F)c3)cc2)CC1. The second-order valence-corrected chi connectivity index (χ2v) is 7.89. The van der Waals surface area contributed by atoms with E-state index in [1.807, 2.05) is 12.1 Å². The number of primary amides is 1. The van der Waals surface area contributed by atoms with Crippen molar-refractivity contribution in [2.24, 2.45) is 11.7 Å². The minimum atomic E-state index is -4.43. The molecule has 3 N–H and O–H groups in total. The summed E-state index contributed by atoms with van der Waals surface area (Å²) in [5.41, 5.74) is 6.63. The van der Waals surface area contributed by atoms with Gasteiger partial charge in [0.15, 0.2) is 0 Å². The number of amides is 2. The minimum absolute atomic E-state index is 0.0184. The molecule has 0 bridgehead atoms. The number of carbonyl (C=O) groups excluding carboxylic acids is 2. The van der Waals surface area contributed by atoms with Crippen LogP contribution in [0, 0.1) is 5.92 Å². The Morgan fingerprint density at radius 3 is 2.32 bits per heavy atom. The summed E-state index contributed by atoms with van der Waals surface area (Å²) in [7, 11) is 0. The largest absolute Gasteiger partial charge is 0.416 e. The maximum atomic E-state index is 12.8. The van der Waals surface area contributed by atoms with Gasteiger partial charge in [-0.1, -0.05) is 30.3 Å². The number of halogens is 3. The van der Waals surface area contributed by atoms with E-state index in [2.05, 4.69) is 10.2 Å². The topological polar surface area (TPSA) is 75.4 Å². The number of hydrogen-bond donors (Lipinski definition) is 2. The van der Waals surface area contributed by atoms with Crippen molar-refractivity contribution in [3.63, 3.8) is 0 Å². The van der Waals surface area contributed by atoms with Gasteiger partial charge in [-0.25, -0.2) is 0 Å². The van der Waals surface area contributed by atoms with E-state index in [-0.39, 0.29) is 24.2 Å². The Morgan fingerprint density at radius 1 is 1.03 bits per heavy atom. The zero-order valence-corrected chi connectivity index (χ0v) is 17.1. The first-order valence-corrected chi connectivity index (χ1v) is 10.3. The number of carbonyl (C=O) groups is 2. The molecule has 3 rings (SSSR count). The van der Waals surface area contributed by atoms with Gasteiger partial charge >= 0.3 is 6.18 Å². The molecule has 2 aromatic carbocycles. The fourth-order valence-electron chi connectivity index (χ4n) is 3.73. The van der Waals surface area contributed by atoms with Gasteiger partial charge in [-0.05, 0) is 61.7 Å². The fraction of sp³-hybridized carbons (Fsp3) is 0.391. The molecule has 1 aliphatic heterocycles. The highest BCUT2D eigenvalue weighted by atomic mass is 19.4. The Labute approximate surface area is 179 Å². The normalized spacial score (nSPS) is 15.6. The van der Waals surface area contributed by atoms with E-state index in [4.69, 9.17) is 5.73 Å². The van der Waals surface area contributed by atoms with Gasteiger partial charge in [0, 0.05) is 18.2 Å². The summed E-state index contributed by atoms with van der Waals surface area (Å²) in [6.45, 7) is 2.60. The summed E-state index contributed by atoms with van der Waals surface area (Å²) < 4.78 is 38.4. The monoisotopic (exact) mass is 433 g/mol. The smallest absolute Gasteiger partial charge is 0.369 e. The highest BCUT2D eigenvalue weighted by Crippen LogP contribution is 2.29. The van der Waals surface area contributed by atoms with Crippen molar-refractivity contribution in [2.45, 2.75) is 31.9 Å². The Bertz CT molecular complexity index is 905. The van der Waals surface area contributed by atoms with Crippen molar-refractivity contribution in [2.75, 3.05) is 25.0 Å². The Kier molecular flexibility index (Phi) is 7.33. The molecule has 0 spiro atoms. The van der Waals surface area contributed by atoms with E-state index in [9.17, 15) is 22.8 Å². The first kappa shape index (κ1) is 22.8. The van der Waals surface area contributed by atoms with Crippen LogP contribution in [0.1, 0.15) is 29.5 Å². The van der Waals surface area contributed by atoms with Gasteiger partial charge in [0.05, 0.1) is 12.0 Å². The van der Waals surface area contributed by atoms with Gasteiger partial charge in [0.25, 0.3) is 0 Å². The molecule has 2 amide bonds. The lowest BCUT2D eigenvalue weighted by molar-refractivity contribution is -0.137. The first-order chi connectivity index (χ1) is 14.7. The summed E-state index contributed by atoms with van der Waals surface area (Å²) in [5, 5.41) is 2.72. The number of benzene rings is 2. The molecule has 31 heavy (non-hydrogen) atoms. The zero-order chi connectivity index (χ0) is 22.4. The standard InChI is InChI=1S/C23H26F3N3O2/c24-23(25,26)19-3-1-2-17(14-19)15-21(30)28-20-6-4-16(5-7-20)8-11-29-12-9-18(10-13-29)22(27)31/h1-7,14,18H,8-13,15H2,(H2,27,31)(H,28,30). The third-order valence-electron chi connectivity index (χ3n) is 5.56. The summed E-state index contributed by atoms with van der Waals surface area (Å²) >= 11 is 0. The maximum absolute atomic E-state index is 12.8. The molecule has 5 nitrogen and oxygen atoms in total. The molecule has 2 aromatic rings. The fourth-order valence-corrected chi connectivity index (χ4v) is 3.73. The predicted molar refractivity (Wildman–Crippen MR) is 112 cm³/mol. The van der Waals surface area contributed by atoms with Crippen molar-refractivity contribution in [1.82, 2.24) is 4.90 Å². The number of rotatable bonds is 7. The lowest BCUT2D eigenvalue weighted by Gasteiger charge is -2.30. The average molecular weight is 433 g/mol. The molecule has 1 heterocycles. The van der Waals surface area contributed by atoms with Crippen LogP contribution in [0.4, 0.5) is 18.9 Å². The Balaban J connectivity index is 1.46. The second-order valence-electron chi connectivity index (χ2n) is 7.89. The van der Waals surface area contributed by atoms with Crippen LogP contribution in [0.25, 0.3) is 0 Å². The maximum Gasteiger partial charge on any atom is 0.416 e. The van der Waals surface area contributed by atoms with Crippen LogP contribution in [-0.4, -0.2) is 36.3 Å². The lowest BCUT2D eigenvalue weighted by Crippen LogP contribution is -2.39. The number of nitrogens with one attached hydrogen (secondary N) is 1. The van der Waals surface area contributed by atoms with Crippen LogP contribution in [0.3, 0.4) is 0 Å². The number of nitrogens with two attached hydrogens (primary N) is 1. The van der Waals surface area contributed by atoms with Crippen LogP contribution >= 0.6 is 0 Å². The van der Waals surface area contributed by atoms with E-state index in [1.165, 1.54) is 12.1 Å². The lowest BCUT2D eigenvalue weighted by atomic mass is 9.96. The highest BCUT2D eigenvalue weighted by molar-refractivity contribution is 5.92. The summed E-state index contributed by atoms with van der Waals surface area (Å²) in [4.78, 5) is 25.7. The van der Waals surface area contributed by atoms with E-state index in [0.29, 0.717) is 11.3 Å². The third-order valence-corrected chi connectivity index (χ3v) is 5.56. The summed E-state index contributed by atoms with van der Waals surface area (Å²) in [6, 6.07) is 12.2. The van der Waals surface area contributed by atoms with Crippen molar-refractivity contribution in [3.8, 4) is 0 Å². The van der Waals surface area contributed by atoms with Gasteiger partial charge < -0.3 is 16.0 Å². The number of anilines is 1. The molecule has 1 saturated heterocycles. The number of nitrogens with zero attached hydrogens (tertiary/aromatic N) is 1. The van der Waals surface area contributed by atoms with Crippen LogP contribution in [0.2, 0.25) is 0 Å². The molecule has 0 saturated carbocycles. The molecule has 0 radical (unpaired) electrons. The number of likely N-dealkylation sites (tertiary alicyclic amines) is 1. The van der Waals surface area contributed by atoms with Crippen LogP contribution < -0.4 is 11.1 Å². The van der Waals surface area contributed by atoms with Gasteiger partial charge in [0.2, 0.25) is 11.8 Å². The van der Waals surface area contributed by atoms with Crippen LogP contribution in [-0.2, 0) is 28.6 Å². The molecule has 0 aliphatic carbocycles. The van der Waals surface area contributed by atoms with Gasteiger partial charge in [-0.2, -0.15) is 13.2 Å². The average Bonchev–Trinajstić information content (AvgIpc) is 2.73. The highest BCUT2D eigenvalue weighted by Gasteiger charge is 2.30. The van der Waals surface area contributed by atoms with Crippen molar-refractivity contribution in [1.29, 1.82) is 0 Å². The van der Waals surface area contributed by atoms with E-state index in [1.54, 1.807) is 12.1 Å². The number of alkyl halides is 3. The van der Waals surface area contributed by atoms with Gasteiger partial charge in [-0.3, -0.25) is 9.59 Å². The number of piperidine rings is 1. The molecular weight excluding hydrogens is 407 g/mol. The quantitative estimate of drug-likeness (QED) is 0.700. The summed E-state index contributed by atoms with van der Waals surface area (Å²) in [6.07, 6.45) is -2.12. The molecule has 0 aromatic heterocycles. The Hall–Kier alpha value is -2.87. The molecule has 1 fully saturated rings. The third kappa shape index (κ3) is 6.82. The summed E-state index contributed by atoms with van der Waals surface area (Å²) in [5.74, 6) is -0.607. The second kappa shape index (κ2) is 9.96. The predicted octanol–water partition coefficient (Wildman–Crippen LogP) is 3.63. The number of hydrogen-bond acceptors (Lipinski definition) is 3. The van der Waals surface area contributed by atoms with E-state index < -0.39 is 11.7 Å². The molecule has 0 unspecified atom stereocenters. The van der Waals surface area contributed by atoms with Crippen molar-refractivity contribution < 1.29 is 22.8 Å². The first-order valence-electron chi connectivity index (χ1n) is 10.3. The van der Waals surface area contributed by atoms with Crippen molar-refractivity contribution >= 4 is 17.5 Å².